The first-order chi connectivity index (χ1) is 10.1. The smallest absolute Gasteiger partial charge is 0.338 e. The third kappa shape index (κ3) is 3.50. The molecule has 108 valence electrons. The summed E-state index contributed by atoms with van der Waals surface area (Å²) in [7, 11) is 1.31. The highest BCUT2D eigenvalue weighted by molar-refractivity contribution is 5.99. The van der Waals surface area contributed by atoms with Gasteiger partial charge in [-0.3, -0.25) is 9.78 Å². The molecular weight excluding hydrogens is 274 g/mol. The molecule has 0 fully saturated rings. The van der Waals surface area contributed by atoms with Gasteiger partial charge in [0, 0.05) is 5.56 Å². The SMILES string of the molecule is COC(=O)c1ccccc1/C=N\Nc1nnc(C)c(=O)[nH]1. The van der Waals surface area contributed by atoms with E-state index in [1.54, 1.807) is 31.2 Å². The molecule has 0 aliphatic heterocycles. The number of anilines is 1. The van der Waals surface area contributed by atoms with Crippen LogP contribution in [0.5, 0.6) is 0 Å². The normalized spacial score (nSPS) is 10.6. The molecular formula is C13H13N5O3. The van der Waals surface area contributed by atoms with E-state index in [0.29, 0.717) is 11.1 Å². The number of rotatable bonds is 4. The maximum Gasteiger partial charge on any atom is 0.338 e. The lowest BCUT2D eigenvalue weighted by molar-refractivity contribution is 0.0600. The Morgan fingerprint density at radius 3 is 2.86 bits per heavy atom. The van der Waals surface area contributed by atoms with Crippen molar-refractivity contribution in [3.05, 3.63) is 51.4 Å². The van der Waals surface area contributed by atoms with Crippen LogP contribution in [0.1, 0.15) is 21.6 Å². The van der Waals surface area contributed by atoms with Crippen LogP contribution in [0.15, 0.2) is 34.2 Å². The number of aromatic amines is 1. The van der Waals surface area contributed by atoms with Crippen molar-refractivity contribution >= 4 is 18.1 Å². The molecule has 0 saturated heterocycles. The number of benzene rings is 1. The minimum absolute atomic E-state index is 0.109. The van der Waals surface area contributed by atoms with Gasteiger partial charge in [0.15, 0.2) is 0 Å². The zero-order valence-corrected chi connectivity index (χ0v) is 11.5. The summed E-state index contributed by atoms with van der Waals surface area (Å²) < 4.78 is 4.68. The number of hydrazone groups is 1. The Morgan fingerprint density at radius 1 is 1.38 bits per heavy atom. The van der Waals surface area contributed by atoms with E-state index in [-0.39, 0.29) is 17.2 Å². The van der Waals surface area contributed by atoms with Gasteiger partial charge in [0.1, 0.15) is 5.69 Å². The van der Waals surface area contributed by atoms with Gasteiger partial charge in [0.2, 0.25) is 5.95 Å². The maximum absolute atomic E-state index is 11.6. The Hall–Kier alpha value is -3.03. The van der Waals surface area contributed by atoms with Crippen molar-refractivity contribution in [1.82, 2.24) is 15.2 Å². The number of aryl methyl sites for hydroxylation is 1. The molecule has 2 N–H and O–H groups in total. The highest BCUT2D eigenvalue weighted by atomic mass is 16.5. The summed E-state index contributed by atoms with van der Waals surface area (Å²) in [5.74, 6) is -0.349. The maximum atomic E-state index is 11.6. The molecule has 0 aliphatic rings. The summed E-state index contributed by atoms with van der Waals surface area (Å²) in [6.07, 6.45) is 1.42. The molecule has 0 unspecified atom stereocenters. The Labute approximate surface area is 119 Å². The van der Waals surface area contributed by atoms with Gasteiger partial charge in [0.25, 0.3) is 5.56 Å². The number of nitrogens with zero attached hydrogens (tertiary/aromatic N) is 3. The highest BCUT2D eigenvalue weighted by Gasteiger charge is 2.08. The van der Waals surface area contributed by atoms with Crippen LogP contribution in [-0.2, 0) is 4.74 Å². The van der Waals surface area contributed by atoms with Crippen LogP contribution >= 0.6 is 0 Å². The summed E-state index contributed by atoms with van der Waals surface area (Å²) in [6, 6.07) is 6.82. The Balaban J connectivity index is 2.16. The molecule has 0 aliphatic carbocycles. The van der Waals surface area contributed by atoms with E-state index in [4.69, 9.17) is 0 Å². The van der Waals surface area contributed by atoms with E-state index in [1.807, 2.05) is 0 Å². The Morgan fingerprint density at radius 2 is 2.14 bits per heavy atom. The lowest BCUT2D eigenvalue weighted by Gasteiger charge is -2.03. The van der Waals surface area contributed by atoms with Crippen molar-refractivity contribution in [2.75, 3.05) is 12.5 Å². The number of hydrogen-bond donors (Lipinski definition) is 2. The number of methoxy groups -OCH3 is 1. The van der Waals surface area contributed by atoms with Gasteiger partial charge in [-0.05, 0) is 13.0 Å². The number of H-pyrrole nitrogens is 1. The van der Waals surface area contributed by atoms with Gasteiger partial charge in [-0.2, -0.15) is 5.10 Å². The predicted molar refractivity (Wildman–Crippen MR) is 76.4 cm³/mol. The van der Waals surface area contributed by atoms with Gasteiger partial charge in [-0.15, -0.1) is 10.2 Å². The quantitative estimate of drug-likeness (QED) is 0.487. The van der Waals surface area contributed by atoms with E-state index in [1.165, 1.54) is 13.3 Å². The summed E-state index contributed by atoms with van der Waals surface area (Å²) in [5.41, 5.74) is 3.40. The number of esters is 1. The van der Waals surface area contributed by atoms with Gasteiger partial charge in [-0.1, -0.05) is 18.2 Å². The Kier molecular flexibility index (Phi) is 4.39. The molecule has 2 rings (SSSR count). The van der Waals surface area contributed by atoms with E-state index in [9.17, 15) is 9.59 Å². The third-order valence-corrected chi connectivity index (χ3v) is 2.60. The molecule has 0 saturated carbocycles. The van der Waals surface area contributed by atoms with Crippen LogP contribution in [0, 0.1) is 6.92 Å². The Bertz CT molecular complexity index is 739. The fraction of sp³-hybridized carbons (Fsp3) is 0.154. The van der Waals surface area contributed by atoms with Crippen molar-refractivity contribution < 1.29 is 9.53 Å². The predicted octanol–water partition coefficient (Wildman–Crippen LogP) is 0.706. The molecule has 8 heteroatoms. The van der Waals surface area contributed by atoms with E-state index in [0.717, 1.165) is 0 Å². The second-order valence-electron chi connectivity index (χ2n) is 4.04. The number of aromatic nitrogens is 3. The summed E-state index contributed by atoms with van der Waals surface area (Å²) >= 11 is 0. The lowest BCUT2D eigenvalue weighted by Crippen LogP contribution is -2.15. The fourth-order valence-corrected chi connectivity index (χ4v) is 1.51. The van der Waals surface area contributed by atoms with Crippen molar-refractivity contribution in [3.63, 3.8) is 0 Å². The molecule has 0 amide bonds. The van der Waals surface area contributed by atoms with E-state index < -0.39 is 5.97 Å². The molecule has 0 radical (unpaired) electrons. The van der Waals surface area contributed by atoms with Crippen LogP contribution in [0.2, 0.25) is 0 Å². The number of carbonyl (C=O) groups is 1. The molecule has 8 nitrogen and oxygen atoms in total. The fourth-order valence-electron chi connectivity index (χ4n) is 1.51. The molecule has 1 heterocycles. The zero-order valence-electron chi connectivity index (χ0n) is 11.5. The van der Waals surface area contributed by atoms with Crippen LogP contribution in [0.25, 0.3) is 0 Å². The molecule has 0 atom stereocenters. The monoisotopic (exact) mass is 287 g/mol. The van der Waals surface area contributed by atoms with Crippen molar-refractivity contribution in [1.29, 1.82) is 0 Å². The summed E-state index contributed by atoms with van der Waals surface area (Å²) in [6.45, 7) is 1.55. The minimum Gasteiger partial charge on any atom is -0.465 e. The average molecular weight is 287 g/mol. The van der Waals surface area contributed by atoms with E-state index in [2.05, 4.69) is 30.4 Å². The highest BCUT2D eigenvalue weighted by Crippen LogP contribution is 2.07. The van der Waals surface area contributed by atoms with E-state index >= 15 is 0 Å². The van der Waals surface area contributed by atoms with Crippen LogP contribution < -0.4 is 11.0 Å². The summed E-state index contributed by atoms with van der Waals surface area (Å²) in [5, 5.41) is 11.3. The molecule has 1 aromatic heterocycles. The largest absolute Gasteiger partial charge is 0.465 e. The number of nitrogens with one attached hydrogen (secondary N) is 2. The van der Waals surface area contributed by atoms with Gasteiger partial charge in [0.05, 0.1) is 18.9 Å². The van der Waals surface area contributed by atoms with Crippen molar-refractivity contribution in [2.45, 2.75) is 6.92 Å². The zero-order chi connectivity index (χ0) is 15.2. The summed E-state index contributed by atoms with van der Waals surface area (Å²) in [4.78, 5) is 25.4. The molecule has 0 spiro atoms. The minimum atomic E-state index is -0.458. The molecule has 21 heavy (non-hydrogen) atoms. The number of hydrogen-bond acceptors (Lipinski definition) is 7. The number of ether oxygens (including phenoxy) is 1. The van der Waals surface area contributed by atoms with Crippen LogP contribution in [0.4, 0.5) is 5.95 Å². The topological polar surface area (TPSA) is 109 Å². The first kappa shape index (κ1) is 14.4. The molecule has 1 aromatic carbocycles. The van der Waals surface area contributed by atoms with Gasteiger partial charge < -0.3 is 4.74 Å². The second kappa shape index (κ2) is 6.42. The second-order valence-corrected chi connectivity index (χ2v) is 4.04. The van der Waals surface area contributed by atoms with Crippen molar-refractivity contribution in [2.24, 2.45) is 5.10 Å². The van der Waals surface area contributed by atoms with Crippen LogP contribution in [0.3, 0.4) is 0 Å². The first-order valence-electron chi connectivity index (χ1n) is 6.02. The van der Waals surface area contributed by atoms with Gasteiger partial charge >= 0.3 is 5.97 Å². The standard InChI is InChI=1S/C13H13N5O3/c1-8-11(19)15-13(18-16-8)17-14-7-9-5-3-4-6-10(9)12(20)21-2/h3-7H,1-2H3,(H2,15,17,18,19)/b14-7-. The molecule has 0 bridgehead atoms. The lowest BCUT2D eigenvalue weighted by atomic mass is 10.1. The third-order valence-electron chi connectivity index (χ3n) is 2.60. The molecule has 2 aromatic rings. The average Bonchev–Trinajstić information content (AvgIpc) is 2.50. The van der Waals surface area contributed by atoms with Crippen LogP contribution in [-0.4, -0.2) is 34.5 Å². The number of carbonyl (C=O) groups excluding carboxylic acids is 1. The van der Waals surface area contributed by atoms with Crippen molar-refractivity contribution in [3.8, 4) is 0 Å². The van der Waals surface area contributed by atoms with Gasteiger partial charge in [-0.25, -0.2) is 10.2 Å². The first-order valence-corrected chi connectivity index (χ1v) is 6.02.